The molecular formula is C9H8BrClO. The van der Waals surface area contributed by atoms with Gasteiger partial charge in [-0.2, -0.15) is 0 Å². The van der Waals surface area contributed by atoms with E-state index in [-0.39, 0.29) is 6.10 Å². The first-order valence-corrected chi connectivity index (χ1v) is 5.01. The molecule has 1 atom stereocenters. The molecule has 0 saturated carbocycles. The van der Waals surface area contributed by atoms with Crippen molar-refractivity contribution < 1.29 is 5.11 Å². The second-order valence-electron chi connectivity index (χ2n) is 3.01. The van der Waals surface area contributed by atoms with Gasteiger partial charge in [0.05, 0.1) is 6.10 Å². The van der Waals surface area contributed by atoms with E-state index < -0.39 is 0 Å². The summed E-state index contributed by atoms with van der Waals surface area (Å²) in [6, 6.07) is 3.72. The topological polar surface area (TPSA) is 20.2 Å². The SMILES string of the molecule is O[C@H]1CCc2c(Br)cc(Cl)cc21. The Balaban J connectivity index is 2.60. The molecule has 12 heavy (non-hydrogen) atoms. The molecular weight excluding hydrogens is 239 g/mol. The van der Waals surface area contributed by atoms with Gasteiger partial charge >= 0.3 is 0 Å². The van der Waals surface area contributed by atoms with Crippen LogP contribution in [-0.2, 0) is 6.42 Å². The molecule has 0 saturated heterocycles. The quantitative estimate of drug-likeness (QED) is 0.747. The van der Waals surface area contributed by atoms with E-state index in [1.54, 1.807) is 0 Å². The molecule has 0 unspecified atom stereocenters. The highest BCUT2D eigenvalue weighted by Gasteiger charge is 2.22. The van der Waals surface area contributed by atoms with Gasteiger partial charge in [-0.05, 0) is 36.1 Å². The second-order valence-corrected chi connectivity index (χ2v) is 4.30. The van der Waals surface area contributed by atoms with Gasteiger partial charge in [-0.3, -0.25) is 0 Å². The number of halogens is 2. The fourth-order valence-corrected chi connectivity index (χ4v) is 2.65. The molecule has 1 aliphatic carbocycles. The summed E-state index contributed by atoms with van der Waals surface area (Å²) in [5, 5.41) is 10.2. The third kappa shape index (κ3) is 1.28. The highest BCUT2D eigenvalue weighted by atomic mass is 79.9. The van der Waals surface area contributed by atoms with E-state index in [2.05, 4.69) is 15.9 Å². The first-order valence-electron chi connectivity index (χ1n) is 3.84. The van der Waals surface area contributed by atoms with Crippen molar-refractivity contribution in [2.24, 2.45) is 0 Å². The summed E-state index contributed by atoms with van der Waals surface area (Å²) in [5.41, 5.74) is 2.18. The van der Waals surface area contributed by atoms with Crippen LogP contribution in [0.3, 0.4) is 0 Å². The molecule has 2 rings (SSSR count). The van der Waals surface area contributed by atoms with Crippen molar-refractivity contribution in [3.63, 3.8) is 0 Å². The molecule has 0 spiro atoms. The van der Waals surface area contributed by atoms with E-state index in [1.165, 1.54) is 5.56 Å². The van der Waals surface area contributed by atoms with Crippen LogP contribution < -0.4 is 0 Å². The van der Waals surface area contributed by atoms with Gasteiger partial charge in [0.1, 0.15) is 0 Å². The Morgan fingerprint density at radius 2 is 2.25 bits per heavy atom. The minimum Gasteiger partial charge on any atom is -0.388 e. The minimum atomic E-state index is -0.324. The largest absolute Gasteiger partial charge is 0.388 e. The van der Waals surface area contributed by atoms with E-state index >= 15 is 0 Å². The number of fused-ring (bicyclic) bond motifs is 1. The lowest BCUT2D eigenvalue weighted by Gasteiger charge is -2.05. The van der Waals surface area contributed by atoms with Crippen molar-refractivity contribution in [2.45, 2.75) is 18.9 Å². The number of aliphatic hydroxyl groups is 1. The number of aliphatic hydroxyl groups excluding tert-OH is 1. The maximum atomic E-state index is 9.55. The molecule has 0 heterocycles. The Kier molecular flexibility index (Phi) is 2.15. The van der Waals surface area contributed by atoms with Crippen molar-refractivity contribution in [3.05, 3.63) is 32.8 Å². The molecule has 0 fully saturated rings. The molecule has 64 valence electrons. The van der Waals surface area contributed by atoms with Crippen LogP contribution in [0.15, 0.2) is 16.6 Å². The van der Waals surface area contributed by atoms with Crippen LogP contribution in [0, 0.1) is 0 Å². The molecule has 3 heteroatoms. The van der Waals surface area contributed by atoms with Crippen LogP contribution in [-0.4, -0.2) is 5.11 Å². The summed E-state index contributed by atoms with van der Waals surface area (Å²) < 4.78 is 1.02. The van der Waals surface area contributed by atoms with Crippen LogP contribution in [0.4, 0.5) is 0 Å². The van der Waals surface area contributed by atoms with Gasteiger partial charge in [-0.15, -0.1) is 0 Å². The number of rotatable bonds is 0. The molecule has 0 amide bonds. The van der Waals surface area contributed by atoms with Gasteiger partial charge in [-0.1, -0.05) is 27.5 Å². The predicted molar refractivity (Wildman–Crippen MR) is 52.4 cm³/mol. The number of hydrogen-bond acceptors (Lipinski definition) is 1. The van der Waals surface area contributed by atoms with E-state index in [0.717, 1.165) is 22.9 Å². The van der Waals surface area contributed by atoms with Crippen LogP contribution in [0.5, 0.6) is 0 Å². The summed E-state index contributed by atoms with van der Waals surface area (Å²) in [6.07, 6.45) is 1.43. The molecule has 0 aliphatic heterocycles. The third-order valence-electron chi connectivity index (χ3n) is 2.22. The third-order valence-corrected chi connectivity index (χ3v) is 3.15. The molecule has 1 aromatic carbocycles. The first kappa shape index (κ1) is 8.54. The van der Waals surface area contributed by atoms with Crippen LogP contribution >= 0.6 is 27.5 Å². The van der Waals surface area contributed by atoms with Gasteiger partial charge in [0.2, 0.25) is 0 Å². The molecule has 1 N–H and O–H groups in total. The van der Waals surface area contributed by atoms with E-state index in [9.17, 15) is 5.11 Å². The fraction of sp³-hybridized carbons (Fsp3) is 0.333. The van der Waals surface area contributed by atoms with Gasteiger partial charge in [0.25, 0.3) is 0 Å². The predicted octanol–water partition coefficient (Wildman–Crippen LogP) is 3.08. The molecule has 0 aromatic heterocycles. The Labute approximate surface area is 84.5 Å². The Bertz CT molecular complexity index is 325. The standard InChI is InChI=1S/C9H8BrClO/c10-8-4-5(11)3-7-6(8)1-2-9(7)12/h3-4,9,12H,1-2H2/t9-/m0/s1. The van der Waals surface area contributed by atoms with Gasteiger partial charge in [-0.25, -0.2) is 0 Å². The maximum Gasteiger partial charge on any atom is 0.0796 e. The molecule has 0 radical (unpaired) electrons. The van der Waals surface area contributed by atoms with E-state index in [0.29, 0.717) is 5.02 Å². The molecule has 1 aliphatic rings. The van der Waals surface area contributed by atoms with Crippen molar-refractivity contribution in [1.29, 1.82) is 0 Å². The fourth-order valence-electron chi connectivity index (χ4n) is 1.62. The smallest absolute Gasteiger partial charge is 0.0796 e. The lowest BCUT2D eigenvalue weighted by molar-refractivity contribution is 0.180. The summed E-state index contributed by atoms with van der Waals surface area (Å²) >= 11 is 9.28. The highest BCUT2D eigenvalue weighted by Crippen LogP contribution is 2.37. The van der Waals surface area contributed by atoms with Crippen LogP contribution in [0.2, 0.25) is 5.02 Å². The summed E-state index contributed by atoms with van der Waals surface area (Å²) in [4.78, 5) is 0. The molecule has 1 aromatic rings. The highest BCUT2D eigenvalue weighted by molar-refractivity contribution is 9.10. The van der Waals surface area contributed by atoms with Crippen LogP contribution in [0.1, 0.15) is 23.7 Å². The average molecular weight is 248 g/mol. The summed E-state index contributed by atoms with van der Waals surface area (Å²) in [6.45, 7) is 0. The summed E-state index contributed by atoms with van der Waals surface area (Å²) in [7, 11) is 0. The Hall–Kier alpha value is -0.0500. The Morgan fingerprint density at radius 3 is 3.00 bits per heavy atom. The number of hydrogen-bond donors (Lipinski definition) is 1. The maximum absolute atomic E-state index is 9.55. The monoisotopic (exact) mass is 246 g/mol. The summed E-state index contributed by atoms with van der Waals surface area (Å²) in [5.74, 6) is 0. The van der Waals surface area contributed by atoms with Crippen molar-refractivity contribution in [1.82, 2.24) is 0 Å². The normalized spacial score (nSPS) is 21.1. The van der Waals surface area contributed by atoms with Gasteiger partial charge < -0.3 is 5.11 Å². The van der Waals surface area contributed by atoms with Crippen molar-refractivity contribution >= 4 is 27.5 Å². The first-order chi connectivity index (χ1) is 5.68. The zero-order valence-electron chi connectivity index (χ0n) is 6.35. The lowest BCUT2D eigenvalue weighted by atomic mass is 10.1. The zero-order valence-corrected chi connectivity index (χ0v) is 8.69. The van der Waals surface area contributed by atoms with Crippen molar-refractivity contribution in [3.8, 4) is 0 Å². The lowest BCUT2D eigenvalue weighted by Crippen LogP contribution is -1.90. The molecule has 0 bridgehead atoms. The zero-order chi connectivity index (χ0) is 8.72. The number of benzene rings is 1. The average Bonchev–Trinajstić information content (AvgIpc) is 2.33. The van der Waals surface area contributed by atoms with E-state index in [4.69, 9.17) is 11.6 Å². The van der Waals surface area contributed by atoms with Crippen molar-refractivity contribution in [2.75, 3.05) is 0 Å². The van der Waals surface area contributed by atoms with Crippen LogP contribution in [0.25, 0.3) is 0 Å². The van der Waals surface area contributed by atoms with Gasteiger partial charge in [0, 0.05) is 9.50 Å². The van der Waals surface area contributed by atoms with E-state index in [1.807, 2.05) is 12.1 Å². The second kappa shape index (κ2) is 3.02. The van der Waals surface area contributed by atoms with Gasteiger partial charge in [0.15, 0.2) is 0 Å². The minimum absolute atomic E-state index is 0.324. The Morgan fingerprint density at radius 1 is 1.50 bits per heavy atom. The molecule has 1 nitrogen and oxygen atoms in total.